The molecule has 114 valence electrons. The Morgan fingerprint density at radius 2 is 2.14 bits per heavy atom. The first-order valence-corrected chi connectivity index (χ1v) is 9.27. The smallest absolute Gasteiger partial charge is 0.243 e. The van der Waals surface area contributed by atoms with Crippen molar-refractivity contribution in [1.82, 2.24) is 4.31 Å². The van der Waals surface area contributed by atoms with Crippen LogP contribution in [0.1, 0.15) is 12.0 Å². The van der Waals surface area contributed by atoms with Crippen molar-refractivity contribution in [3.05, 3.63) is 29.8 Å². The highest BCUT2D eigenvalue weighted by Crippen LogP contribution is 2.27. The Hall–Kier alpha value is -1.07. The van der Waals surface area contributed by atoms with Gasteiger partial charge in [-0.25, -0.2) is 8.42 Å². The number of benzene rings is 1. The first-order valence-electron chi connectivity index (χ1n) is 6.68. The van der Waals surface area contributed by atoms with E-state index in [4.69, 9.17) is 10.00 Å². The van der Waals surface area contributed by atoms with E-state index < -0.39 is 10.0 Å². The maximum atomic E-state index is 12.8. The van der Waals surface area contributed by atoms with Crippen molar-refractivity contribution in [2.24, 2.45) is 0 Å². The van der Waals surface area contributed by atoms with Crippen LogP contribution in [-0.2, 0) is 14.8 Å². The zero-order chi connectivity index (χ0) is 15.3. The van der Waals surface area contributed by atoms with Crippen LogP contribution in [0, 0.1) is 11.3 Å². The third kappa shape index (κ3) is 3.77. The topological polar surface area (TPSA) is 70.4 Å². The molecule has 2 rings (SSSR count). The summed E-state index contributed by atoms with van der Waals surface area (Å²) in [6.45, 7) is 0.723. The quantitative estimate of drug-likeness (QED) is 0.796. The van der Waals surface area contributed by atoms with E-state index >= 15 is 0 Å². The summed E-state index contributed by atoms with van der Waals surface area (Å²) in [4.78, 5) is 0.231. The van der Waals surface area contributed by atoms with Gasteiger partial charge in [0.1, 0.15) is 0 Å². The number of ether oxygens (including phenoxy) is 1. The predicted octanol–water partition coefficient (Wildman–Crippen LogP) is 1.70. The SMILES string of the molecule is COCCN(C1CCSC1)S(=O)(=O)c1ccc(C#N)cc1. The highest BCUT2D eigenvalue weighted by molar-refractivity contribution is 7.99. The Morgan fingerprint density at radius 3 is 2.67 bits per heavy atom. The molecule has 1 aromatic carbocycles. The van der Waals surface area contributed by atoms with E-state index in [1.54, 1.807) is 18.9 Å². The van der Waals surface area contributed by atoms with Crippen molar-refractivity contribution in [2.75, 3.05) is 31.8 Å². The second kappa shape index (κ2) is 7.27. The van der Waals surface area contributed by atoms with Gasteiger partial charge in [-0.1, -0.05) is 0 Å². The number of sulfonamides is 1. The van der Waals surface area contributed by atoms with Gasteiger partial charge in [0.05, 0.1) is 23.1 Å². The van der Waals surface area contributed by atoms with Gasteiger partial charge in [0.15, 0.2) is 0 Å². The molecule has 1 aromatic rings. The van der Waals surface area contributed by atoms with E-state index in [1.165, 1.54) is 28.6 Å². The number of methoxy groups -OCH3 is 1. The Morgan fingerprint density at radius 1 is 1.43 bits per heavy atom. The van der Waals surface area contributed by atoms with E-state index in [0.717, 1.165) is 17.9 Å². The lowest BCUT2D eigenvalue weighted by molar-refractivity contribution is 0.169. The number of thioether (sulfide) groups is 1. The minimum atomic E-state index is -3.55. The molecule has 0 spiro atoms. The molecule has 5 nitrogen and oxygen atoms in total. The van der Waals surface area contributed by atoms with E-state index in [1.807, 2.05) is 6.07 Å². The first-order chi connectivity index (χ1) is 10.1. The number of nitrogens with zero attached hydrogens (tertiary/aromatic N) is 2. The third-order valence-corrected chi connectivity index (χ3v) is 6.53. The van der Waals surface area contributed by atoms with E-state index in [2.05, 4.69) is 0 Å². The van der Waals surface area contributed by atoms with Gasteiger partial charge in [0.2, 0.25) is 10.0 Å². The summed E-state index contributed by atoms with van der Waals surface area (Å²) in [7, 11) is -1.99. The number of hydrogen-bond acceptors (Lipinski definition) is 5. The average molecular weight is 326 g/mol. The number of rotatable bonds is 6. The van der Waals surface area contributed by atoms with Gasteiger partial charge in [-0.2, -0.15) is 21.3 Å². The Kier molecular flexibility index (Phi) is 5.65. The molecular weight excluding hydrogens is 308 g/mol. The number of nitriles is 1. The Bertz CT molecular complexity index is 602. The van der Waals surface area contributed by atoms with E-state index in [0.29, 0.717) is 18.7 Å². The standard InChI is InChI=1S/C14H18N2O3S2/c1-19-8-7-16(13-6-9-20-11-13)21(17,18)14-4-2-12(10-15)3-5-14/h2-5,13H,6-9,11H2,1H3. The van der Waals surface area contributed by atoms with Crippen LogP contribution in [0.2, 0.25) is 0 Å². The normalized spacial score (nSPS) is 18.8. The predicted molar refractivity (Wildman–Crippen MR) is 82.7 cm³/mol. The van der Waals surface area contributed by atoms with Crippen molar-refractivity contribution < 1.29 is 13.2 Å². The fourth-order valence-electron chi connectivity index (χ4n) is 2.27. The highest BCUT2D eigenvalue weighted by Gasteiger charge is 2.33. The summed E-state index contributed by atoms with van der Waals surface area (Å²) >= 11 is 1.77. The lowest BCUT2D eigenvalue weighted by Gasteiger charge is -2.27. The average Bonchev–Trinajstić information content (AvgIpc) is 3.01. The van der Waals surface area contributed by atoms with E-state index in [9.17, 15) is 8.42 Å². The van der Waals surface area contributed by atoms with Crippen molar-refractivity contribution in [3.63, 3.8) is 0 Å². The van der Waals surface area contributed by atoms with Crippen LogP contribution >= 0.6 is 11.8 Å². The van der Waals surface area contributed by atoms with E-state index in [-0.39, 0.29) is 10.9 Å². The molecule has 1 aliphatic rings. The van der Waals surface area contributed by atoms with Crippen LogP contribution in [0.5, 0.6) is 0 Å². The molecule has 1 atom stereocenters. The molecule has 7 heteroatoms. The van der Waals surface area contributed by atoms with Crippen LogP contribution in [0.4, 0.5) is 0 Å². The minimum absolute atomic E-state index is 0.0193. The summed E-state index contributed by atoms with van der Waals surface area (Å²) in [5.41, 5.74) is 0.453. The number of hydrogen-bond donors (Lipinski definition) is 0. The lowest BCUT2D eigenvalue weighted by atomic mass is 10.2. The van der Waals surface area contributed by atoms with Crippen LogP contribution in [0.3, 0.4) is 0 Å². The summed E-state index contributed by atoms with van der Waals surface area (Å²) in [6, 6.07) is 8.07. The molecular formula is C14H18N2O3S2. The molecule has 1 saturated heterocycles. The molecule has 1 fully saturated rings. The third-order valence-electron chi connectivity index (χ3n) is 3.42. The molecule has 1 heterocycles. The van der Waals surface area contributed by atoms with Crippen LogP contribution < -0.4 is 0 Å². The molecule has 1 aliphatic heterocycles. The molecule has 0 bridgehead atoms. The molecule has 0 aromatic heterocycles. The second-order valence-corrected chi connectivity index (χ2v) is 7.80. The molecule has 0 amide bonds. The molecule has 0 saturated carbocycles. The summed E-state index contributed by atoms with van der Waals surface area (Å²) in [6.07, 6.45) is 0.865. The maximum Gasteiger partial charge on any atom is 0.243 e. The van der Waals surface area contributed by atoms with Gasteiger partial charge in [0, 0.05) is 25.4 Å². The first kappa shape index (κ1) is 16.3. The van der Waals surface area contributed by atoms with Gasteiger partial charge < -0.3 is 4.74 Å². The summed E-state index contributed by atoms with van der Waals surface area (Å²) in [5.74, 6) is 1.80. The van der Waals surface area contributed by atoms with Crippen molar-refractivity contribution in [2.45, 2.75) is 17.4 Å². The van der Waals surface area contributed by atoms with Gasteiger partial charge in [-0.3, -0.25) is 0 Å². The molecule has 0 radical (unpaired) electrons. The van der Waals surface area contributed by atoms with Crippen molar-refractivity contribution in [3.8, 4) is 6.07 Å². The summed E-state index contributed by atoms with van der Waals surface area (Å²) in [5, 5.41) is 8.80. The molecule has 21 heavy (non-hydrogen) atoms. The van der Waals surface area contributed by atoms with Gasteiger partial charge in [-0.15, -0.1) is 0 Å². The maximum absolute atomic E-state index is 12.8. The molecule has 0 N–H and O–H groups in total. The zero-order valence-corrected chi connectivity index (χ0v) is 13.5. The monoisotopic (exact) mass is 326 g/mol. The van der Waals surface area contributed by atoms with Gasteiger partial charge >= 0.3 is 0 Å². The highest BCUT2D eigenvalue weighted by atomic mass is 32.2. The van der Waals surface area contributed by atoms with Crippen molar-refractivity contribution in [1.29, 1.82) is 5.26 Å². The fourth-order valence-corrected chi connectivity index (χ4v) is 5.22. The van der Waals surface area contributed by atoms with Gasteiger partial charge in [-0.05, 0) is 36.4 Å². The van der Waals surface area contributed by atoms with Crippen LogP contribution in [-0.4, -0.2) is 50.5 Å². The van der Waals surface area contributed by atoms with Crippen LogP contribution in [0.25, 0.3) is 0 Å². The summed E-state index contributed by atoms with van der Waals surface area (Å²) < 4.78 is 32.2. The minimum Gasteiger partial charge on any atom is -0.383 e. The van der Waals surface area contributed by atoms with Crippen LogP contribution in [0.15, 0.2) is 29.2 Å². The second-order valence-electron chi connectivity index (χ2n) is 4.76. The largest absolute Gasteiger partial charge is 0.383 e. The Balaban J connectivity index is 2.28. The molecule has 1 unspecified atom stereocenters. The van der Waals surface area contributed by atoms with Gasteiger partial charge in [0.25, 0.3) is 0 Å². The Labute approximate surface area is 129 Å². The van der Waals surface area contributed by atoms with Crippen molar-refractivity contribution >= 4 is 21.8 Å². The fraction of sp³-hybridized carbons (Fsp3) is 0.500. The molecule has 0 aliphatic carbocycles. The lowest BCUT2D eigenvalue weighted by Crippen LogP contribution is -2.42. The zero-order valence-electron chi connectivity index (χ0n) is 11.9.